The second kappa shape index (κ2) is 10.2. The van der Waals surface area contributed by atoms with Crippen LogP contribution in [0.4, 0.5) is 28.9 Å². The highest BCUT2D eigenvalue weighted by Crippen LogP contribution is 2.39. The van der Waals surface area contributed by atoms with E-state index < -0.39 is 17.6 Å². The molecule has 0 fully saturated rings. The number of rotatable bonds is 7. The average molecular weight is 486 g/mol. The van der Waals surface area contributed by atoms with Crippen molar-refractivity contribution in [1.29, 1.82) is 0 Å². The zero-order valence-corrected chi connectivity index (χ0v) is 18.0. The molecule has 0 bridgehead atoms. The minimum Gasteiger partial charge on any atom is -0.355 e. The second-order valence-electron chi connectivity index (χ2n) is 6.84. The maximum absolute atomic E-state index is 14.2. The molecule has 1 heterocycles. The highest BCUT2D eigenvalue weighted by molar-refractivity contribution is 6.39. The summed E-state index contributed by atoms with van der Waals surface area (Å²) < 4.78 is 52.9. The summed E-state index contributed by atoms with van der Waals surface area (Å²) in [5, 5.41) is 4.99. The molecule has 0 saturated heterocycles. The van der Waals surface area contributed by atoms with Crippen LogP contribution in [0.15, 0.2) is 54.7 Å². The van der Waals surface area contributed by atoms with Crippen molar-refractivity contribution in [2.45, 2.75) is 19.0 Å². The van der Waals surface area contributed by atoms with E-state index in [1.165, 1.54) is 12.1 Å². The number of alkyl halides is 3. The molecule has 2 aromatic carbocycles. The highest BCUT2D eigenvalue weighted by Gasteiger charge is 2.32. The van der Waals surface area contributed by atoms with Crippen molar-refractivity contribution >= 4 is 40.5 Å². The quantitative estimate of drug-likeness (QED) is 0.392. The summed E-state index contributed by atoms with van der Waals surface area (Å²) >= 11 is 11.9. The molecule has 3 rings (SSSR count). The molecule has 0 radical (unpaired) electrons. The number of aromatic nitrogens is 1. The minimum absolute atomic E-state index is 0.0405. The number of nitrogens with zero attached hydrogens (tertiary/aromatic N) is 1. The van der Waals surface area contributed by atoms with Crippen molar-refractivity contribution in [3.05, 3.63) is 87.4 Å². The van der Waals surface area contributed by atoms with Crippen LogP contribution in [0, 0.1) is 5.82 Å². The predicted octanol–water partition coefficient (Wildman–Crippen LogP) is 6.19. The van der Waals surface area contributed by atoms with Gasteiger partial charge in [-0.15, -0.1) is 0 Å². The Morgan fingerprint density at radius 3 is 2.38 bits per heavy atom. The molecule has 2 N–H and O–H groups in total. The lowest BCUT2D eigenvalue weighted by molar-refractivity contribution is -0.137. The van der Waals surface area contributed by atoms with E-state index in [0.717, 1.165) is 23.9 Å². The lowest BCUT2D eigenvalue weighted by atomic mass is 10.1. The summed E-state index contributed by atoms with van der Waals surface area (Å²) in [6.07, 6.45) is -2.64. The SMILES string of the molecule is O=C(Cc1cc(Nc2c(Cl)cc(C(F)(F)F)cc2Cl)ccc1F)NCCc1ccccn1. The average Bonchev–Trinajstić information content (AvgIpc) is 2.73. The summed E-state index contributed by atoms with van der Waals surface area (Å²) in [4.78, 5) is 16.4. The van der Waals surface area contributed by atoms with Crippen molar-refractivity contribution in [1.82, 2.24) is 10.3 Å². The van der Waals surface area contributed by atoms with Gasteiger partial charge in [-0.2, -0.15) is 13.2 Å². The molecule has 0 aliphatic carbocycles. The second-order valence-corrected chi connectivity index (χ2v) is 7.66. The van der Waals surface area contributed by atoms with Gasteiger partial charge in [0.1, 0.15) is 5.82 Å². The van der Waals surface area contributed by atoms with E-state index in [2.05, 4.69) is 15.6 Å². The first kappa shape index (κ1) is 23.8. The number of carbonyl (C=O) groups is 1. The van der Waals surface area contributed by atoms with Gasteiger partial charge in [-0.3, -0.25) is 9.78 Å². The monoisotopic (exact) mass is 485 g/mol. The summed E-state index contributed by atoms with van der Waals surface area (Å²) in [6, 6.07) is 10.8. The molecule has 10 heteroatoms. The fraction of sp³-hybridized carbons (Fsp3) is 0.182. The fourth-order valence-electron chi connectivity index (χ4n) is 2.90. The van der Waals surface area contributed by atoms with Gasteiger partial charge in [0.05, 0.1) is 27.7 Å². The van der Waals surface area contributed by atoms with Crippen molar-refractivity contribution in [2.75, 3.05) is 11.9 Å². The molecule has 0 aliphatic heterocycles. The molecular weight excluding hydrogens is 469 g/mol. The third-order valence-electron chi connectivity index (χ3n) is 4.46. The summed E-state index contributed by atoms with van der Waals surface area (Å²) in [5.41, 5.74) is 0.283. The zero-order valence-electron chi connectivity index (χ0n) is 16.4. The molecule has 0 spiro atoms. The number of benzene rings is 2. The zero-order chi connectivity index (χ0) is 23.3. The van der Waals surface area contributed by atoms with Gasteiger partial charge in [0.25, 0.3) is 0 Å². The first-order valence-electron chi connectivity index (χ1n) is 9.42. The van der Waals surface area contributed by atoms with Gasteiger partial charge in [-0.05, 0) is 48.0 Å². The Balaban J connectivity index is 1.67. The van der Waals surface area contributed by atoms with Gasteiger partial charge >= 0.3 is 6.18 Å². The lowest BCUT2D eigenvalue weighted by Crippen LogP contribution is -2.27. The Kier molecular flexibility index (Phi) is 7.58. The summed E-state index contributed by atoms with van der Waals surface area (Å²) in [7, 11) is 0. The fourth-order valence-corrected chi connectivity index (χ4v) is 3.48. The first-order valence-corrected chi connectivity index (χ1v) is 10.2. The van der Waals surface area contributed by atoms with Gasteiger partial charge in [-0.1, -0.05) is 29.3 Å². The van der Waals surface area contributed by atoms with Gasteiger partial charge in [0, 0.05) is 30.5 Å². The van der Waals surface area contributed by atoms with Crippen molar-refractivity contribution in [3.63, 3.8) is 0 Å². The molecule has 0 atom stereocenters. The van der Waals surface area contributed by atoms with Crippen LogP contribution in [0.2, 0.25) is 10.0 Å². The molecule has 3 aromatic rings. The van der Waals surface area contributed by atoms with E-state index in [1.54, 1.807) is 12.3 Å². The number of carbonyl (C=O) groups excluding carboxylic acids is 1. The van der Waals surface area contributed by atoms with E-state index in [0.29, 0.717) is 18.7 Å². The van der Waals surface area contributed by atoms with Crippen LogP contribution >= 0.6 is 23.2 Å². The van der Waals surface area contributed by atoms with Crippen LogP contribution in [-0.2, 0) is 23.8 Å². The number of amides is 1. The van der Waals surface area contributed by atoms with Crippen LogP contribution in [0.1, 0.15) is 16.8 Å². The van der Waals surface area contributed by atoms with E-state index in [9.17, 15) is 22.4 Å². The molecule has 0 aliphatic rings. The van der Waals surface area contributed by atoms with Crippen LogP contribution in [0.5, 0.6) is 0 Å². The number of anilines is 2. The molecular formula is C22H17Cl2F4N3O. The lowest BCUT2D eigenvalue weighted by Gasteiger charge is -2.15. The van der Waals surface area contributed by atoms with Crippen LogP contribution in [0.3, 0.4) is 0 Å². The largest absolute Gasteiger partial charge is 0.416 e. The number of hydrogen-bond donors (Lipinski definition) is 2. The number of nitrogens with one attached hydrogen (secondary N) is 2. The summed E-state index contributed by atoms with van der Waals surface area (Å²) in [5.74, 6) is -0.984. The number of pyridine rings is 1. The third-order valence-corrected chi connectivity index (χ3v) is 5.06. The first-order chi connectivity index (χ1) is 15.1. The summed E-state index contributed by atoms with van der Waals surface area (Å²) in [6.45, 7) is 0.339. The van der Waals surface area contributed by atoms with E-state index in [1.807, 2.05) is 12.1 Å². The van der Waals surface area contributed by atoms with Gasteiger partial charge < -0.3 is 10.6 Å². The molecule has 1 amide bonds. The van der Waals surface area contributed by atoms with Crippen LogP contribution in [-0.4, -0.2) is 17.4 Å². The predicted molar refractivity (Wildman–Crippen MR) is 116 cm³/mol. The van der Waals surface area contributed by atoms with E-state index in [-0.39, 0.29) is 33.6 Å². The van der Waals surface area contributed by atoms with Crippen molar-refractivity contribution in [2.24, 2.45) is 0 Å². The minimum atomic E-state index is -4.60. The Labute approximate surface area is 191 Å². The van der Waals surface area contributed by atoms with Gasteiger partial charge in [-0.25, -0.2) is 4.39 Å². The maximum Gasteiger partial charge on any atom is 0.416 e. The number of hydrogen-bond acceptors (Lipinski definition) is 3. The Morgan fingerprint density at radius 1 is 1.03 bits per heavy atom. The van der Waals surface area contributed by atoms with E-state index >= 15 is 0 Å². The molecule has 0 unspecified atom stereocenters. The van der Waals surface area contributed by atoms with Crippen LogP contribution in [0.25, 0.3) is 0 Å². The Hall–Kier alpha value is -2.84. The van der Waals surface area contributed by atoms with Crippen LogP contribution < -0.4 is 10.6 Å². The smallest absolute Gasteiger partial charge is 0.355 e. The molecule has 1 aromatic heterocycles. The highest BCUT2D eigenvalue weighted by atomic mass is 35.5. The molecule has 168 valence electrons. The normalized spacial score (nSPS) is 11.3. The Morgan fingerprint density at radius 2 is 1.75 bits per heavy atom. The third kappa shape index (κ3) is 6.34. The molecule has 0 saturated carbocycles. The number of halogens is 6. The standard InChI is InChI=1S/C22H17Cl2F4N3O/c23-17-11-14(22(26,27)28)12-18(24)21(17)31-16-4-5-19(25)13(9-16)10-20(32)30-8-6-15-3-1-2-7-29-15/h1-5,7,9,11-12,31H,6,8,10H2,(H,30,32). The van der Waals surface area contributed by atoms with Crippen molar-refractivity contribution in [3.8, 4) is 0 Å². The van der Waals surface area contributed by atoms with Gasteiger partial charge in [0.15, 0.2) is 0 Å². The Bertz CT molecular complexity index is 1090. The van der Waals surface area contributed by atoms with Gasteiger partial charge in [0.2, 0.25) is 5.91 Å². The van der Waals surface area contributed by atoms with E-state index in [4.69, 9.17) is 23.2 Å². The topological polar surface area (TPSA) is 54.0 Å². The maximum atomic E-state index is 14.2. The molecule has 32 heavy (non-hydrogen) atoms. The molecule has 4 nitrogen and oxygen atoms in total. The van der Waals surface area contributed by atoms with Crippen molar-refractivity contribution < 1.29 is 22.4 Å².